The molecule has 6 nitrogen and oxygen atoms in total. The number of amides is 1. The van der Waals surface area contributed by atoms with Gasteiger partial charge < -0.3 is 14.8 Å². The van der Waals surface area contributed by atoms with E-state index in [-0.39, 0.29) is 11.7 Å². The van der Waals surface area contributed by atoms with E-state index in [1.54, 1.807) is 18.2 Å². The third-order valence-corrected chi connectivity index (χ3v) is 5.76. The monoisotopic (exact) mass is 441 g/mol. The molecule has 0 saturated carbocycles. The number of carbonyl (C=O) groups excluding carboxylic acids is 1. The largest absolute Gasteiger partial charge is 0.378 e. The van der Waals surface area contributed by atoms with Crippen LogP contribution in [0.1, 0.15) is 20.8 Å². The lowest BCUT2D eigenvalue weighted by Gasteiger charge is -2.16. The number of hydrogen-bond donors (Lipinski definition) is 1. The second kappa shape index (κ2) is 9.96. The van der Waals surface area contributed by atoms with Crippen LogP contribution in [-0.4, -0.2) is 40.0 Å². The first-order chi connectivity index (χ1) is 14.8. The quantitative estimate of drug-likeness (QED) is 0.503. The van der Waals surface area contributed by atoms with E-state index in [1.807, 2.05) is 54.8 Å². The Morgan fingerprint density at radius 3 is 2.39 bits per heavy atom. The second-order valence-corrected chi connectivity index (χ2v) is 9.29. The maximum absolute atomic E-state index is 14.4. The summed E-state index contributed by atoms with van der Waals surface area (Å²) in [5, 5.41) is 11.6. The fourth-order valence-corrected chi connectivity index (χ4v) is 3.90. The molecule has 0 aliphatic heterocycles. The molecule has 3 aromatic rings. The summed E-state index contributed by atoms with van der Waals surface area (Å²) in [5.74, 6) is 0.305. The average Bonchev–Trinajstić information content (AvgIpc) is 3.10. The molecule has 1 aromatic heterocycles. The molecule has 164 valence electrons. The van der Waals surface area contributed by atoms with Gasteiger partial charge in [0.25, 0.3) is 0 Å². The first-order valence-corrected chi connectivity index (χ1v) is 11.1. The van der Waals surface area contributed by atoms with Crippen molar-refractivity contribution in [3.8, 4) is 11.4 Å². The van der Waals surface area contributed by atoms with Crippen molar-refractivity contribution < 1.29 is 9.18 Å². The lowest BCUT2D eigenvalue weighted by molar-refractivity contribution is -0.115. The van der Waals surface area contributed by atoms with Gasteiger partial charge in [-0.05, 0) is 49.2 Å². The van der Waals surface area contributed by atoms with Gasteiger partial charge in [-0.3, -0.25) is 4.79 Å². The Bertz CT molecular complexity index is 1030. The third-order valence-electron chi connectivity index (χ3n) is 4.68. The van der Waals surface area contributed by atoms with Gasteiger partial charge in [0, 0.05) is 32.0 Å². The average molecular weight is 442 g/mol. The van der Waals surface area contributed by atoms with Crippen LogP contribution in [0.3, 0.4) is 0 Å². The number of nitrogens with zero attached hydrogens (tertiary/aromatic N) is 4. The van der Waals surface area contributed by atoms with Crippen LogP contribution in [0.25, 0.3) is 11.4 Å². The molecule has 0 saturated heterocycles. The molecule has 2 aromatic carbocycles. The Kier molecular flexibility index (Phi) is 7.33. The predicted molar refractivity (Wildman–Crippen MR) is 125 cm³/mol. The predicted octanol–water partition coefficient (Wildman–Crippen LogP) is 4.93. The van der Waals surface area contributed by atoms with Crippen LogP contribution >= 0.6 is 11.8 Å². The first-order valence-electron chi connectivity index (χ1n) is 10.2. The molecule has 1 heterocycles. The SMILES string of the molecule is CC(C)Cn1c(SC(C)C(=O)Nc2ccc(N(C)C)cc2)nnc1-c1ccccc1F. The number of aromatic nitrogens is 3. The van der Waals surface area contributed by atoms with Crippen molar-refractivity contribution in [3.63, 3.8) is 0 Å². The van der Waals surface area contributed by atoms with Crippen LogP contribution in [-0.2, 0) is 11.3 Å². The second-order valence-electron chi connectivity index (χ2n) is 7.98. The number of hydrogen-bond acceptors (Lipinski definition) is 5. The molecule has 31 heavy (non-hydrogen) atoms. The summed E-state index contributed by atoms with van der Waals surface area (Å²) in [6, 6.07) is 14.2. The van der Waals surface area contributed by atoms with Crippen molar-refractivity contribution >= 4 is 29.0 Å². The molecule has 0 spiro atoms. The van der Waals surface area contributed by atoms with Gasteiger partial charge in [-0.15, -0.1) is 10.2 Å². The molecular weight excluding hydrogens is 413 g/mol. The smallest absolute Gasteiger partial charge is 0.237 e. The molecule has 0 radical (unpaired) electrons. The van der Waals surface area contributed by atoms with Gasteiger partial charge in [-0.1, -0.05) is 37.7 Å². The highest BCUT2D eigenvalue weighted by atomic mass is 32.2. The highest BCUT2D eigenvalue weighted by Gasteiger charge is 2.22. The molecule has 3 rings (SSSR count). The van der Waals surface area contributed by atoms with Crippen molar-refractivity contribution in [3.05, 3.63) is 54.3 Å². The number of halogens is 1. The molecule has 1 unspecified atom stereocenters. The van der Waals surface area contributed by atoms with E-state index in [1.165, 1.54) is 17.8 Å². The number of rotatable bonds is 8. The summed E-state index contributed by atoms with van der Waals surface area (Å²) in [5.41, 5.74) is 2.20. The Morgan fingerprint density at radius 2 is 1.77 bits per heavy atom. The molecule has 0 fully saturated rings. The van der Waals surface area contributed by atoms with Crippen molar-refractivity contribution in [2.75, 3.05) is 24.3 Å². The van der Waals surface area contributed by atoms with E-state index in [0.717, 1.165) is 11.4 Å². The van der Waals surface area contributed by atoms with E-state index in [9.17, 15) is 9.18 Å². The van der Waals surface area contributed by atoms with Crippen LogP contribution < -0.4 is 10.2 Å². The number of carbonyl (C=O) groups is 1. The number of benzene rings is 2. The minimum absolute atomic E-state index is 0.130. The third kappa shape index (κ3) is 5.64. The summed E-state index contributed by atoms with van der Waals surface area (Å²) < 4.78 is 16.3. The zero-order valence-electron chi connectivity index (χ0n) is 18.5. The van der Waals surface area contributed by atoms with E-state index >= 15 is 0 Å². The Morgan fingerprint density at radius 1 is 1.10 bits per heavy atom. The Labute approximate surface area is 186 Å². The van der Waals surface area contributed by atoms with E-state index in [2.05, 4.69) is 29.4 Å². The van der Waals surface area contributed by atoms with Gasteiger partial charge in [0.05, 0.1) is 10.8 Å². The van der Waals surface area contributed by atoms with E-state index in [4.69, 9.17) is 0 Å². The molecule has 0 aliphatic carbocycles. The summed E-state index contributed by atoms with van der Waals surface area (Å²) >= 11 is 1.32. The lowest BCUT2D eigenvalue weighted by Crippen LogP contribution is -2.23. The van der Waals surface area contributed by atoms with Crippen LogP contribution in [0.4, 0.5) is 15.8 Å². The molecule has 1 atom stereocenters. The molecular formula is C23H28FN5OS. The summed E-state index contributed by atoms with van der Waals surface area (Å²) in [4.78, 5) is 14.7. The normalized spacial score (nSPS) is 12.1. The molecule has 1 N–H and O–H groups in total. The zero-order chi connectivity index (χ0) is 22.5. The Balaban J connectivity index is 1.78. The van der Waals surface area contributed by atoms with Crippen LogP contribution in [0.2, 0.25) is 0 Å². The van der Waals surface area contributed by atoms with Crippen LogP contribution in [0.5, 0.6) is 0 Å². The summed E-state index contributed by atoms with van der Waals surface area (Å²) in [6.45, 7) is 6.60. The molecule has 0 aliphatic rings. The summed E-state index contributed by atoms with van der Waals surface area (Å²) in [6.07, 6.45) is 0. The van der Waals surface area contributed by atoms with Gasteiger partial charge in [0.1, 0.15) is 5.82 Å². The number of nitrogens with one attached hydrogen (secondary N) is 1. The number of anilines is 2. The first kappa shape index (κ1) is 22.8. The highest BCUT2D eigenvalue weighted by molar-refractivity contribution is 8.00. The maximum Gasteiger partial charge on any atom is 0.237 e. The highest BCUT2D eigenvalue weighted by Crippen LogP contribution is 2.29. The fraction of sp³-hybridized carbons (Fsp3) is 0.348. The van der Waals surface area contributed by atoms with Crippen molar-refractivity contribution in [1.82, 2.24) is 14.8 Å². The van der Waals surface area contributed by atoms with Crippen molar-refractivity contribution in [1.29, 1.82) is 0 Å². The van der Waals surface area contributed by atoms with Gasteiger partial charge in [-0.2, -0.15) is 0 Å². The van der Waals surface area contributed by atoms with E-state index in [0.29, 0.717) is 29.0 Å². The van der Waals surface area contributed by atoms with Gasteiger partial charge in [-0.25, -0.2) is 4.39 Å². The van der Waals surface area contributed by atoms with Crippen LogP contribution in [0.15, 0.2) is 53.7 Å². The van der Waals surface area contributed by atoms with Crippen molar-refractivity contribution in [2.24, 2.45) is 5.92 Å². The topological polar surface area (TPSA) is 63.1 Å². The zero-order valence-corrected chi connectivity index (χ0v) is 19.3. The lowest BCUT2D eigenvalue weighted by atomic mass is 10.2. The van der Waals surface area contributed by atoms with Gasteiger partial charge in [0.2, 0.25) is 5.91 Å². The molecule has 0 bridgehead atoms. The number of thioether (sulfide) groups is 1. The van der Waals surface area contributed by atoms with Crippen molar-refractivity contribution in [2.45, 2.75) is 37.7 Å². The minimum atomic E-state index is -0.405. The van der Waals surface area contributed by atoms with E-state index < -0.39 is 5.25 Å². The maximum atomic E-state index is 14.4. The summed E-state index contributed by atoms with van der Waals surface area (Å²) in [7, 11) is 3.93. The molecule has 1 amide bonds. The fourth-order valence-electron chi connectivity index (χ4n) is 3.05. The van der Waals surface area contributed by atoms with Gasteiger partial charge >= 0.3 is 0 Å². The van der Waals surface area contributed by atoms with Gasteiger partial charge in [0.15, 0.2) is 11.0 Å². The van der Waals surface area contributed by atoms with Crippen LogP contribution in [0, 0.1) is 11.7 Å². The minimum Gasteiger partial charge on any atom is -0.378 e. The standard InChI is InChI=1S/C23H28FN5OS/c1-15(2)14-29-21(19-8-6-7-9-20(19)24)26-27-23(29)31-16(3)22(30)25-17-10-12-18(13-11-17)28(4)5/h6-13,15-16H,14H2,1-5H3,(H,25,30). The Hall–Kier alpha value is -2.87. The molecule has 8 heteroatoms.